The number of nitrogens with zero attached hydrogens (tertiary/aromatic N) is 2. The Morgan fingerprint density at radius 3 is 2.53 bits per heavy atom. The lowest BCUT2D eigenvalue weighted by atomic mass is 10.0. The van der Waals surface area contributed by atoms with Crippen LogP contribution in [0.1, 0.15) is 39.1 Å². The summed E-state index contributed by atoms with van der Waals surface area (Å²) in [4.78, 5) is 64.7. The smallest absolute Gasteiger partial charge is 0.322 e. The summed E-state index contributed by atoms with van der Waals surface area (Å²) in [5.74, 6) is -2.05. The minimum Gasteiger partial charge on any atom is -0.322 e. The van der Waals surface area contributed by atoms with E-state index in [9.17, 15) is 24.0 Å². The number of carbonyl (C=O) groups excluding carboxylic acids is 5. The molecule has 32 heavy (non-hydrogen) atoms. The fourth-order valence-electron chi connectivity index (χ4n) is 3.81. The highest BCUT2D eigenvalue weighted by Crippen LogP contribution is 2.30. The van der Waals surface area contributed by atoms with Gasteiger partial charge in [0.05, 0.1) is 11.1 Å². The van der Waals surface area contributed by atoms with Crippen LogP contribution < -0.4 is 10.6 Å². The first-order valence-corrected chi connectivity index (χ1v) is 10.2. The van der Waals surface area contributed by atoms with E-state index in [2.05, 4.69) is 10.6 Å². The SMILES string of the molecule is CN(C(=O)Nc1ccc(Cl)cc1)C(=O)c1cccc2c1C(=O)N(C1CCC(=O)NC1=O)C2. The van der Waals surface area contributed by atoms with Gasteiger partial charge >= 0.3 is 6.03 Å². The van der Waals surface area contributed by atoms with E-state index < -0.39 is 29.8 Å². The van der Waals surface area contributed by atoms with Gasteiger partial charge in [0.1, 0.15) is 6.04 Å². The molecule has 6 amide bonds. The Hall–Kier alpha value is -3.72. The number of piperidine rings is 1. The molecule has 0 saturated carbocycles. The molecule has 2 aliphatic rings. The third-order valence-corrected chi connectivity index (χ3v) is 5.74. The number of carbonyl (C=O) groups is 5. The normalized spacial score (nSPS) is 17.6. The van der Waals surface area contributed by atoms with Crippen LogP contribution >= 0.6 is 11.6 Å². The highest BCUT2D eigenvalue weighted by atomic mass is 35.5. The van der Waals surface area contributed by atoms with E-state index in [-0.39, 0.29) is 36.4 Å². The van der Waals surface area contributed by atoms with Crippen LogP contribution in [0.2, 0.25) is 5.02 Å². The number of halogens is 1. The zero-order valence-corrected chi connectivity index (χ0v) is 17.8. The monoisotopic (exact) mass is 454 g/mol. The van der Waals surface area contributed by atoms with E-state index in [4.69, 9.17) is 11.6 Å². The third kappa shape index (κ3) is 3.94. The lowest BCUT2D eigenvalue weighted by Gasteiger charge is -2.29. The lowest BCUT2D eigenvalue weighted by Crippen LogP contribution is -2.52. The Morgan fingerprint density at radius 2 is 1.84 bits per heavy atom. The molecule has 1 atom stereocenters. The average molecular weight is 455 g/mol. The summed E-state index contributed by atoms with van der Waals surface area (Å²) in [6.45, 7) is 0.141. The van der Waals surface area contributed by atoms with Gasteiger partial charge in [-0.15, -0.1) is 0 Å². The summed E-state index contributed by atoms with van der Waals surface area (Å²) in [5.41, 5.74) is 1.26. The topological polar surface area (TPSA) is 116 Å². The van der Waals surface area contributed by atoms with Crippen molar-refractivity contribution < 1.29 is 24.0 Å². The van der Waals surface area contributed by atoms with E-state index in [0.29, 0.717) is 16.3 Å². The Kier molecular flexibility index (Phi) is 5.67. The fraction of sp³-hybridized carbons (Fsp3) is 0.227. The van der Waals surface area contributed by atoms with Gasteiger partial charge in [-0.05, 0) is 42.3 Å². The maximum Gasteiger partial charge on any atom is 0.328 e. The van der Waals surface area contributed by atoms with Gasteiger partial charge in [-0.25, -0.2) is 4.79 Å². The van der Waals surface area contributed by atoms with Crippen LogP contribution in [0.4, 0.5) is 10.5 Å². The molecule has 2 N–H and O–H groups in total. The molecule has 2 aromatic carbocycles. The van der Waals surface area contributed by atoms with Crippen molar-refractivity contribution in [2.75, 3.05) is 12.4 Å². The van der Waals surface area contributed by atoms with Crippen molar-refractivity contribution in [1.29, 1.82) is 0 Å². The Balaban J connectivity index is 1.54. The van der Waals surface area contributed by atoms with E-state index in [1.807, 2.05) is 0 Å². The molecule has 2 aliphatic heterocycles. The molecule has 4 rings (SSSR count). The number of urea groups is 1. The third-order valence-electron chi connectivity index (χ3n) is 5.49. The van der Waals surface area contributed by atoms with Crippen molar-refractivity contribution in [1.82, 2.24) is 15.1 Å². The van der Waals surface area contributed by atoms with E-state index in [1.165, 1.54) is 18.0 Å². The van der Waals surface area contributed by atoms with Crippen LogP contribution in [0.15, 0.2) is 42.5 Å². The quantitative estimate of drug-likeness (QED) is 0.691. The number of anilines is 1. The fourth-order valence-corrected chi connectivity index (χ4v) is 3.93. The summed E-state index contributed by atoms with van der Waals surface area (Å²) < 4.78 is 0. The number of nitrogens with one attached hydrogen (secondary N) is 2. The number of hydrogen-bond donors (Lipinski definition) is 2. The Bertz CT molecular complexity index is 1150. The molecule has 0 aromatic heterocycles. The number of hydrogen-bond acceptors (Lipinski definition) is 5. The number of fused-ring (bicyclic) bond motifs is 1. The van der Waals surface area contributed by atoms with Gasteiger partial charge in [0, 0.05) is 30.7 Å². The second-order valence-corrected chi connectivity index (χ2v) is 7.98. The van der Waals surface area contributed by atoms with E-state index in [0.717, 1.165) is 4.90 Å². The summed E-state index contributed by atoms with van der Waals surface area (Å²) in [6.07, 6.45) is 0.354. The molecule has 0 bridgehead atoms. The van der Waals surface area contributed by atoms with Crippen LogP contribution in [0.25, 0.3) is 0 Å². The predicted molar refractivity (Wildman–Crippen MR) is 115 cm³/mol. The van der Waals surface area contributed by atoms with Crippen LogP contribution in [0.5, 0.6) is 0 Å². The average Bonchev–Trinajstić information content (AvgIpc) is 3.10. The molecule has 2 heterocycles. The first-order chi connectivity index (χ1) is 15.3. The first kappa shape index (κ1) is 21.5. The zero-order chi connectivity index (χ0) is 23.0. The second kappa shape index (κ2) is 8.43. The van der Waals surface area contributed by atoms with Crippen molar-refractivity contribution >= 4 is 46.9 Å². The summed E-state index contributed by atoms with van der Waals surface area (Å²) in [7, 11) is 1.31. The molecule has 1 unspecified atom stereocenters. The zero-order valence-electron chi connectivity index (χ0n) is 17.1. The van der Waals surface area contributed by atoms with Gasteiger partial charge in [-0.2, -0.15) is 0 Å². The van der Waals surface area contributed by atoms with Crippen LogP contribution in [-0.2, 0) is 16.1 Å². The summed E-state index contributed by atoms with van der Waals surface area (Å²) in [5, 5.41) is 5.34. The van der Waals surface area contributed by atoms with Gasteiger partial charge < -0.3 is 10.2 Å². The van der Waals surface area contributed by atoms with Crippen LogP contribution in [0.3, 0.4) is 0 Å². The maximum absolute atomic E-state index is 13.1. The summed E-state index contributed by atoms with van der Waals surface area (Å²) >= 11 is 5.84. The van der Waals surface area contributed by atoms with Crippen molar-refractivity contribution in [3.8, 4) is 0 Å². The molecular formula is C22H19ClN4O5. The predicted octanol–water partition coefficient (Wildman–Crippen LogP) is 2.41. The molecule has 10 heteroatoms. The highest BCUT2D eigenvalue weighted by molar-refractivity contribution is 6.30. The van der Waals surface area contributed by atoms with Gasteiger partial charge in [-0.1, -0.05) is 23.7 Å². The lowest BCUT2D eigenvalue weighted by molar-refractivity contribution is -0.136. The first-order valence-electron chi connectivity index (χ1n) is 9.87. The standard InChI is InChI=1S/C22H19ClN4O5/c1-26(22(32)24-14-7-5-13(23)6-8-14)20(30)15-4-2-3-12-11-27(21(31)18(12)15)16-9-10-17(28)25-19(16)29/h2-8,16H,9-11H2,1H3,(H,24,32)(H,25,28,29). The molecule has 0 aliphatic carbocycles. The minimum absolute atomic E-state index is 0.0658. The molecule has 0 spiro atoms. The summed E-state index contributed by atoms with van der Waals surface area (Å²) in [6, 6.07) is 9.72. The van der Waals surface area contributed by atoms with E-state index >= 15 is 0 Å². The van der Waals surface area contributed by atoms with Crippen LogP contribution in [0, 0.1) is 0 Å². The molecule has 2 aromatic rings. The molecule has 164 valence electrons. The molecule has 9 nitrogen and oxygen atoms in total. The van der Waals surface area contributed by atoms with Crippen molar-refractivity contribution in [3.05, 3.63) is 64.2 Å². The minimum atomic E-state index is -0.790. The number of benzene rings is 2. The van der Waals surface area contributed by atoms with Gasteiger partial charge in [0.25, 0.3) is 11.8 Å². The Labute approximate surface area is 188 Å². The highest BCUT2D eigenvalue weighted by Gasteiger charge is 2.41. The number of imide groups is 2. The number of amides is 6. The maximum atomic E-state index is 13.1. The largest absolute Gasteiger partial charge is 0.328 e. The van der Waals surface area contributed by atoms with Crippen molar-refractivity contribution in [3.63, 3.8) is 0 Å². The Morgan fingerprint density at radius 1 is 1.12 bits per heavy atom. The van der Waals surface area contributed by atoms with Gasteiger partial charge in [0.2, 0.25) is 11.8 Å². The van der Waals surface area contributed by atoms with Gasteiger partial charge in [0.15, 0.2) is 0 Å². The van der Waals surface area contributed by atoms with Gasteiger partial charge in [-0.3, -0.25) is 29.4 Å². The molecule has 1 fully saturated rings. The van der Waals surface area contributed by atoms with Crippen molar-refractivity contribution in [2.45, 2.75) is 25.4 Å². The second-order valence-electron chi connectivity index (χ2n) is 7.54. The molecule has 0 radical (unpaired) electrons. The van der Waals surface area contributed by atoms with E-state index in [1.54, 1.807) is 36.4 Å². The number of rotatable bonds is 3. The van der Waals surface area contributed by atoms with Crippen molar-refractivity contribution in [2.24, 2.45) is 0 Å². The molecular weight excluding hydrogens is 436 g/mol. The molecule has 1 saturated heterocycles. The van der Waals surface area contributed by atoms with Crippen LogP contribution in [-0.4, -0.2) is 52.5 Å².